The highest BCUT2D eigenvalue weighted by Gasteiger charge is 2.49. The van der Waals surface area contributed by atoms with Gasteiger partial charge in [-0.15, -0.1) is 0 Å². The average molecular weight is 400 g/mol. The lowest BCUT2D eigenvalue weighted by Crippen LogP contribution is -2.44. The van der Waals surface area contributed by atoms with E-state index in [1.807, 2.05) is 67.6 Å². The van der Waals surface area contributed by atoms with Crippen LogP contribution in [0.2, 0.25) is 0 Å². The van der Waals surface area contributed by atoms with Gasteiger partial charge in [-0.25, -0.2) is 4.79 Å². The number of aromatic hydroxyl groups is 1. The van der Waals surface area contributed by atoms with Crippen molar-refractivity contribution in [2.75, 3.05) is 0 Å². The van der Waals surface area contributed by atoms with Crippen molar-refractivity contribution >= 4 is 11.5 Å². The summed E-state index contributed by atoms with van der Waals surface area (Å²) in [4.78, 5) is 13.1. The fraction of sp³-hybridized carbons (Fsp3) is 0.192. The molecule has 3 aromatic carbocycles. The lowest BCUT2D eigenvalue weighted by molar-refractivity contribution is -0.164. The Bertz CT molecular complexity index is 1070. The standard InChI is InChI=1S/C26H24O4/c1-18-24(28)23(20-11-8-14-22(27)17-20)25(29)30-26(18,21-12-6-3-7-13-21)16-15-19-9-4-2-5-10-19/h2-14,17-18,27-28H,15-16H2,1H3. The molecule has 4 rings (SSSR count). The van der Waals surface area contributed by atoms with Gasteiger partial charge in [-0.1, -0.05) is 79.7 Å². The van der Waals surface area contributed by atoms with Gasteiger partial charge in [0.25, 0.3) is 0 Å². The maximum absolute atomic E-state index is 13.1. The van der Waals surface area contributed by atoms with Crippen molar-refractivity contribution < 1.29 is 19.7 Å². The molecule has 1 aliphatic heterocycles. The van der Waals surface area contributed by atoms with Crippen LogP contribution in [0, 0.1) is 5.92 Å². The van der Waals surface area contributed by atoms with Crippen molar-refractivity contribution in [3.8, 4) is 5.75 Å². The minimum Gasteiger partial charge on any atom is -0.511 e. The molecule has 2 atom stereocenters. The lowest BCUT2D eigenvalue weighted by atomic mass is 9.74. The van der Waals surface area contributed by atoms with Crippen molar-refractivity contribution in [3.05, 3.63) is 107 Å². The zero-order valence-corrected chi connectivity index (χ0v) is 16.8. The number of hydrogen-bond donors (Lipinski definition) is 2. The van der Waals surface area contributed by atoms with E-state index < -0.39 is 17.5 Å². The molecule has 0 aliphatic carbocycles. The number of aliphatic hydroxyl groups is 1. The van der Waals surface area contributed by atoms with Gasteiger partial charge in [0.2, 0.25) is 0 Å². The summed E-state index contributed by atoms with van der Waals surface area (Å²) < 4.78 is 6.13. The van der Waals surface area contributed by atoms with Gasteiger partial charge in [-0.3, -0.25) is 0 Å². The number of carbonyl (C=O) groups is 1. The molecule has 0 radical (unpaired) electrons. The van der Waals surface area contributed by atoms with E-state index in [2.05, 4.69) is 0 Å². The van der Waals surface area contributed by atoms with Crippen LogP contribution in [0.3, 0.4) is 0 Å². The fourth-order valence-electron chi connectivity index (χ4n) is 4.19. The van der Waals surface area contributed by atoms with Gasteiger partial charge in [0.1, 0.15) is 22.7 Å². The minimum atomic E-state index is -0.988. The topological polar surface area (TPSA) is 66.8 Å². The number of phenolic OH excluding ortho intramolecular Hbond substituents is 1. The molecule has 0 saturated heterocycles. The van der Waals surface area contributed by atoms with Crippen LogP contribution >= 0.6 is 0 Å². The van der Waals surface area contributed by atoms with Gasteiger partial charge < -0.3 is 14.9 Å². The summed E-state index contributed by atoms with van der Waals surface area (Å²) in [7, 11) is 0. The largest absolute Gasteiger partial charge is 0.511 e. The molecule has 4 heteroatoms. The van der Waals surface area contributed by atoms with E-state index in [1.165, 1.54) is 12.1 Å². The van der Waals surface area contributed by atoms with Crippen molar-refractivity contribution in [3.63, 3.8) is 0 Å². The molecular weight excluding hydrogens is 376 g/mol. The summed E-state index contributed by atoms with van der Waals surface area (Å²) in [6, 6.07) is 25.9. The summed E-state index contributed by atoms with van der Waals surface area (Å²) in [6.07, 6.45) is 1.23. The molecule has 1 aliphatic rings. The molecule has 2 N–H and O–H groups in total. The van der Waals surface area contributed by atoms with Crippen LogP contribution in [0.25, 0.3) is 5.57 Å². The first-order valence-electron chi connectivity index (χ1n) is 10.1. The van der Waals surface area contributed by atoms with E-state index >= 15 is 0 Å². The Morgan fingerprint density at radius 3 is 2.23 bits per heavy atom. The third-order valence-corrected chi connectivity index (χ3v) is 5.87. The van der Waals surface area contributed by atoms with E-state index in [1.54, 1.807) is 12.1 Å². The summed E-state index contributed by atoms with van der Waals surface area (Å²) in [5.41, 5.74) is 1.54. The molecule has 4 nitrogen and oxygen atoms in total. The van der Waals surface area contributed by atoms with Crippen molar-refractivity contribution in [1.82, 2.24) is 0 Å². The third-order valence-electron chi connectivity index (χ3n) is 5.87. The monoisotopic (exact) mass is 400 g/mol. The third kappa shape index (κ3) is 3.57. The Morgan fingerprint density at radius 2 is 1.57 bits per heavy atom. The molecule has 1 heterocycles. The van der Waals surface area contributed by atoms with Crippen LogP contribution < -0.4 is 0 Å². The van der Waals surface area contributed by atoms with E-state index in [9.17, 15) is 15.0 Å². The summed E-state index contributed by atoms with van der Waals surface area (Å²) >= 11 is 0. The number of esters is 1. The second-order valence-corrected chi connectivity index (χ2v) is 7.66. The van der Waals surface area contributed by atoms with Gasteiger partial charge in [0.15, 0.2) is 0 Å². The zero-order chi connectivity index (χ0) is 21.1. The van der Waals surface area contributed by atoms with Gasteiger partial charge in [-0.05, 0) is 41.7 Å². The predicted octanol–water partition coefficient (Wildman–Crippen LogP) is 5.38. The van der Waals surface area contributed by atoms with Crippen molar-refractivity contribution in [2.45, 2.75) is 25.4 Å². The smallest absolute Gasteiger partial charge is 0.343 e. The number of rotatable bonds is 5. The molecular formula is C26H24O4. The summed E-state index contributed by atoms with van der Waals surface area (Å²) in [5, 5.41) is 21.0. The zero-order valence-electron chi connectivity index (χ0n) is 16.8. The Morgan fingerprint density at radius 1 is 0.900 bits per heavy atom. The molecule has 3 aromatic rings. The number of phenols is 1. The first-order chi connectivity index (χ1) is 14.5. The highest BCUT2D eigenvalue weighted by Crippen LogP contribution is 2.47. The van der Waals surface area contributed by atoms with E-state index in [4.69, 9.17) is 4.74 Å². The van der Waals surface area contributed by atoms with Crippen LogP contribution in [-0.2, 0) is 21.6 Å². The molecule has 2 unspecified atom stereocenters. The Hall–Kier alpha value is -3.53. The predicted molar refractivity (Wildman–Crippen MR) is 116 cm³/mol. The van der Waals surface area contributed by atoms with Crippen LogP contribution in [0.5, 0.6) is 5.75 Å². The Balaban J connectivity index is 1.78. The summed E-state index contributed by atoms with van der Waals surface area (Å²) in [5.74, 6) is -1.04. The Kier molecular flexibility index (Phi) is 5.32. The number of carbonyl (C=O) groups excluding carboxylic acids is 1. The van der Waals surface area contributed by atoms with Gasteiger partial charge in [0.05, 0.1) is 5.92 Å². The quantitative estimate of drug-likeness (QED) is 0.564. The first kappa shape index (κ1) is 19.8. The van der Waals surface area contributed by atoms with Gasteiger partial charge in [0, 0.05) is 0 Å². The Labute approximate surface area is 176 Å². The van der Waals surface area contributed by atoms with Crippen molar-refractivity contribution in [1.29, 1.82) is 0 Å². The van der Waals surface area contributed by atoms with Gasteiger partial charge in [-0.2, -0.15) is 0 Å². The van der Waals surface area contributed by atoms with E-state index in [-0.39, 0.29) is 17.1 Å². The summed E-state index contributed by atoms with van der Waals surface area (Å²) in [6.45, 7) is 1.88. The molecule has 0 saturated carbocycles. The fourth-order valence-corrected chi connectivity index (χ4v) is 4.19. The normalized spacial score (nSPS) is 21.4. The molecule has 0 aromatic heterocycles. The number of aryl methyl sites for hydroxylation is 1. The number of aliphatic hydroxyl groups excluding tert-OH is 1. The number of ether oxygens (including phenoxy) is 1. The number of benzene rings is 3. The molecule has 0 spiro atoms. The second kappa shape index (κ2) is 8.07. The first-order valence-corrected chi connectivity index (χ1v) is 10.1. The highest BCUT2D eigenvalue weighted by molar-refractivity contribution is 6.18. The van der Waals surface area contributed by atoms with Crippen LogP contribution in [0.15, 0.2) is 90.7 Å². The molecule has 0 amide bonds. The average Bonchev–Trinajstić information content (AvgIpc) is 2.77. The number of hydrogen-bond acceptors (Lipinski definition) is 4. The SMILES string of the molecule is CC1C(O)=C(c2cccc(O)c2)C(=O)OC1(CCc1ccccc1)c1ccccc1. The van der Waals surface area contributed by atoms with Crippen LogP contribution in [-0.4, -0.2) is 16.2 Å². The minimum absolute atomic E-state index is 0.0197. The van der Waals surface area contributed by atoms with Crippen molar-refractivity contribution in [2.24, 2.45) is 5.92 Å². The highest BCUT2D eigenvalue weighted by atomic mass is 16.6. The van der Waals surface area contributed by atoms with Gasteiger partial charge >= 0.3 is 5.97 Å². The molecule has 152 valence electrons. The second-order valence-electron chi connectivity index (χ2n) is 7.66. The van der Waals surface area contributed by atoms with E-state index in [0.29, 0.717) is 18.4 Å². The molecule has 30 heavy (non-hydrogen) atoms. The molecule has 0 bridgehead atoms. The maximum atomic E-state index is 13.1. The molecule has 0 fully saturated rings. The van der Waals surface area contributed by atoms with E-state index in [0.717, 1.165) is 11.1 Å². The maximum Gasteiger partial charge on any atom is 0.343 e. The lowest BCUT2D eigenvalue weighted by Gasteiger charge is -2.42. The number of cyclic esters (lactones) is 1. The van der Waals surface area contributed by atoms with Crippen LogP contribution in [0.1, 0.15) is 30.0 Å². The van der Waals surface area contributed by atoms with Crippen LogP contribution in [0.4, 0.5) is 0 Å².